The molecule has 0 aliphatic carbocycles. The number of rotatable bonds is 4. The monoisotopic (exact) mass is 476 g/mol. The lowest BCUT2D eigenvalue weighted by Gasteiger charge is -2.28. The highest BCUT2D eigenvalue weighted by Gasteiger charge is 2.28. The Kier molecular flexibility index (Phi) is 5.31. The summed E-state index contributed by atoms with van der Waals surface area (Å²) < 4.78 is 58.0. The first-order chi connectivity index (χ1) is 15.4. The third-order valence-electron chi connectivity index (χ3n) is 5.06. The number of hydrogen-bond donors (Lipinski definition) is 0. The molecule has 5 rings (SSSR count). The Hall–Kier alpha value is -3.02. The molecule has 1 aromatic heterocycles. The molecule has 0 spiro atoms. The first-order valence-corrected chi connectivity index (χ1v) is 12.2. The van der Waals surface area contributed by atoms with Gasteiger partial charge in [-0.25, -0.2) is 17.6 Å². The zero-order valence-corrected chi connectivity index (χ0v) is 18.2. The van der Waals surface area contributed by atoms with Gasteiger partial charge in [-0.1, -0.05) is 0 Å². The maximum Gasteiger partial charge on any atom is 0.339 e. The molecule has 0 N–H and O–H groups in total. The highest BCUT2D eigenvalue weighted by molar-refractivity contribution is 7.90. The first-order valence-electron chi connectivity index (χ1n) is 9.66. The van der Waals surface area contributed by atoms with Gasteiger partial charge in [-0.15, -0.1) is 4.40 Å². The molecule has 0 unspecified atom stereocenters. The molecule has 0 amide bonds. The third-order valence-corrected chi connectivity index (χ3v) is 6.92. The van der Waals surface area contributed by atoms with E-state index in [1.165, 1.54) is 41.8 Å². The fourth-order valence-electron chi connectivity index (χ4n) is 3.51. The van der Waals surface area contributed by atoms with Crippen molar-refractivity contribution in [2.75, 3.05) is 12.3 Å². The van der Waals surface area contributed by atoms with E-state index in [-0.39, 0.29) is 36.9 Å². The smallest absolute Gasteiger partial charge is 0.339 e. The molecule has 3 aliphatic rings. The van der Waals surface area contributed by atoms with Crippen molar-refractivity contribution < 1.29 is 31.8 Å². The minimum atomic E-state index is -3.48. The van der Waals surface area contributed by atoms with E-state index in [1.807, 2.05) is 16.8 Å². The Morgan fingerprint density at radius 1 is 1.34 bits per heavy atom. The molecule has 4 heterocycles. The van der Waals surface area contributed by atoms with E-state index in [9.17, 15) is 17.6 Å². The predicted octanol–water partition coefficient (Wildman–Crippen LogP) is 3.04. The molecule has 1 aromatic carbocycles. The van der Waals surface area contributed by atoms with Gasteiger partial charge in [0.15, 0.2) is 0 Å². The van der Waals surface area contributed by atoms with E-state index in [2.05, 4.69) is 4.40 Å². The number of halogens is 1. The quantitative estimate of drug-likeness (QED) is 0.626. The molecular formula is C21H17FN2O6S2. The molecule has 11 heteroatoms. The van der Waals surface area contributed by atoms with Crippen LogP contribution >= 0.6 is 11.3 Å². The molecule has 3 aliphatic heterocycles. The second kappa shape index (κ2) is 8.15. The summed E-state index contributed by atoms with van der Waals surface area (Å²) >= 11 is 1.51. The topological polar surface area (TPSA) is 94.5 Å². The van der Waals surface area contributed by atoms with Gasteiger partial charge in [-0.2, -0.15) is 11.3 Å². The average Bonchev–Trinajstić information content (AvgIpc) is 3.31. The van der Waals surface area contributed by atoms with Gasteiger partial charge in [0.25, 0.3) is 10.0 Å². The van der Waals surface area contributed by atoms with Crippen LogP contribution in [0.5, 0.6) is 5.75 Å². The molecule has 0 saturated heterocycles. The number of carbonyl (C=O) groups excluding carboxylic acids is 1. The van der Waals surface area contributed by atoms with Crippen LogP contribution in [-0.4, -0.2) is 37.4 Å². The number of benzene rings is 1. The number of esters is 1. The molecule has 0 saturated carbocycles. The summed E-state index contributed by atoms with van der Waals surface area (Å²) in [6, 6.07) is 4.49. The zero-order chi connectivity index (χ0) is 22.3. The molecule has 0 fully saturated rings. The second-order valence-electron chi connectivity index (χ2n) is 7.29. The number of carbonyl (C=O) groups is 1. The van der Waals surface area contributed by atoms with E-state index in [1.54, 1.807) is 4.90 Å². The normalized spacial score (nSPS) is 21.0. The summed E-state index contributed by atoms with van der Waals surface area (Å²) in [6.45, 7) is 0.162. The fraction of sp³-hybridized carbons (Fsp3) is 0.238. The summed E-state index contributed by atoms with van der Waals surface area (Å²) in [5.74, 6) is -0.565. The molecule has 0 radical (unpaired) electrons. The number of ether oxygens (including phenoxy) is 3. The van der Waals surface area contributed by atoms with Crippen molar-refractivity contribution >= 4 is 33.2 Å². The van der Waals surface area contributed by atoms with Crippen molar-refractivity contribution in [2.45, 2.75) is 19.5 Å². The summed E-state index contributed by atoms with van der Waals surface area (Å²) in [4.78, 5) is 14.2. The Labute approximate surface area is 187 Å². The van der Waals surface area contributed by atoms with Gasteiger partial charge in [0.05, 0.1) is 17.9 Å². The van der Waals surface area contributed by atoms with Crippen molar-refractivity contribution in [1.29, 1.82) is 0 Å². The summed E-state index contributed by atoms with van der Waals surface area (Å²) in [6.07, 6.45) is 3.76. The molecule has 166 valence electrons. The van der Waals surface area contributed by atoms with E-state index < -0.39 is 28.1 Å². The van der Waals surface area contributed by atoms with Gasteiger partial charge in [-0.05, 0) is 35.7 Å². The van der Waals surface area contributed by atoms with Gasteiger partial charge in [0.1, 0.15) is 24.0 Å². The van der Waals surface area contributed by atoms with Crippen LogP contribution in [0.3, 0.4) is 0 Å². The van der Waals surface area contributed by atoms with Gasteiger partial charge in [0.2, 0.25) is 6.29 Å². The summed E-state index contributed by atoms with van der Waals surface area (Å²) in [5, 5.41) is 3.81. The van der Waals surface area contributed by atoms with Crippen LogP contribution < -0.4 is 4.74 Å². The molecule has 8 nitrogen and oxygen atoms in total. The molecule has 1 atom stereocenters. The molecular weight excluding hydrogens is 459 g/mol. The number of fused-ring (bicyclic) bond motifs is 2. The lowest BCUT2D eigenvalue weighted by molar-refractivity contribution is -0.140. The second-order valence-corrected chi connectivity index (χ2v) is 9.83. The average molecular weight is 477 g/mol. The van der Waals surface area contributed by atoms with Crippen molar-refractivity contribution in [3.8, 4) is 5.75 Å². The van der Waals surface area contributed by atoms with Gasteiger partial charge in [-0.3, -0.25) is 0 Å². The maximum atomic E-state index is 14.1. The number of hydrogen-bond acceptors (Lipinski definition) is 8. The van der Waals surface area contributed by atoms with Gasteiger partial charge < -0.3 is 19.1 Å². The van der Waals surface area contributed by atoms with Crippen LogP contribution in [0.25, 0.3) is 0 Å². The Morgan fingerprint density at radius 2 is 2.22 bits per heavy atom. The first kappa shape index (κ1) is 20.9. The highest BCUT2D eigenvalue weighted by atomic mass is 32.2. The minimum absolute atomic E-state index is 0.136. The molecule has 0 bridgehead atoms. The van der Waals surface area contributed by atoms with Gasteiger partial charge in [0, 0.05) is 34.8 Å². The fourth-order valence-corrected chi connectivity index (χ4v) is 5.14. The molecule has 2 aromatic rings. The van der Waals surface area contributed by atoms with E-state index in [0.29, 0.717) is 16.9 Å². The maximum absolute atomic E-state index is 14.1. The lowest BCUT2D eigenvalue weighted by atomic mass is 10.1. The predicted molar refractivity (Wildman–Crippen MR) is 114 cm³/mol. The van der Waals surface area contributed by atoms with Crippen LogP contribution in [0.15, 0.2) is 57.3 Å². The van der Waals surface area contributed by atoms with Crippen LogP contribution in [-0.2, 0) is 37.5 Å². The highest BCUT2D eigenvalue weighted by Crippen LogP contribution is 2.37. The summed E-state index contributed by atoms with van der Waals surface area (Å²) in [7, 11) is -3.48. The van der Waals surface area contributed by atoms with Crippen molar-refractivity contribution in [3.63, 3.8) is 0 Å². The number of thiophene rings is 1. The van der Waals surface area contributed by atoms with Crippen molar-refractivity contribution in [3.05, 3.63) is 75.4 Å². The third kappa shape index (κ3) is 4.18. The van der Waals surface area contributed by atoms with E-state index in [4.69, 9.17) is 14.2 Å². The Morgan fingerprint density at radius 3 is 3.03 bits per heavy atom. The van der Waals surface area contributed by atoms with Crippen LogP contribution in [0.4, 0.5) is 4.39 Å². The zero-order valence-electron chi connectivity index (χ0n) is 16.6. The largest absolute Gasteiger partial charge is 0.460 e. The molecule has 32 heavy (non-hydrogen) atoms. The lowest BCUT2D eigenvalue weighted by Crippen LogP contribution is -2.37. The standard InChI is InChI=1S/C21H17FN2O6S2/c22-17-7-15(19-16(8-17)11-29-21(30-19)14-3-5-31-12-14)10-28-20(25)13-1-2-18-23-32(26,27)6-4-24(18)9-13/h1-3,5,7-9,12,21H,4,6,10-11H2/t21-/m1/s1. The Balaban J connectivity index is 1.32. The summed E-state index contributed by atoms with van der Waals surface area (Å²) in [5.41, 5.74) is 2.01. The van der Waals surface area contributed by atoms with E-state index in [0.717, 1.165) is 5.56 Å². The number of nitrogens with zero attached hydrogens (tertiary/aromatic N) is 2. The minimum Gasteiger partial charge on any atom is -0.460 e. The van der Waals surface area contributed by atoms with Crippen LogP contribution in [0, 0.1) is 5.82 Å². The van der Waals surface area contributed by atoms with Crippen LogP contribution in [0.2, 0.25) is 0 Å². The van der Waals surface area contributed by atoms with Crippen molar-refractivity contribution in [1.82, 2.24) is 4.90 Å². The van der Waals surface area contributed by atoms with Gasteiger partial charge >= 0.3 is 5.97 Å². The number of amidine groups is 1. The van der Waals surface area contributed by atoms with Crippen molar-refractivity contribution in [2.24, 2.45) is 4.40 Å². The SMILES string of the molecule is O=C(OCc1cc(F)cc2c1O[C@H](c1ccsc1)OC2)C1=CN2CCS(=O)(=O)N=C2C=C1. The number of sulfonamides is 1. The van der Waals surface area contributed by atoms with E-state index >= 15 is 0 Å². The Bertz CT molecular complexity index is 1270. The van der Waals surface area contributed by atoms with Crippen LogP contribution in [0.1, 0.15) is 23.0 Å².